The zero-order valence-electron chi connectivity index (χ0n) is 14.9. The summed E-state index contributed by atoms with van der Waals surface area (Å²) >= 11 is 3.18. The Morgan fingerprint density at radius 3 is 2.36 bits per heavy atom. The normalized spacial score (nSPS) is 15.6. The molecule has 2 aromatic carbocycles. The van der Waals surface area contributed by atoms with E-state index in [4.69, 9.17) is 9.47 Å². The van der Waals surface area contributed by atoms with E-state index in [0.29, 0.717) is 15.8 Å². The van der Waals surface area contributed by atoms with Crippen LogP contribution in [0.25, 0.3) is 6.08 Å². The first-order valence-electron chi connectivity index (χ1n) is 7.97. The van der Waals surface area contributed by atoms with E-state index in [-0.39, 0.29) is 22.8 Å². The third-order valence-corrected chi connectivity index (χ3v) is 4.62. The van der Waals surface area contributed by atoms with Gasteiger partial charge in [-0.2, -0.15) is 0 Å². The summed E-state index contributed by atoms with van der Waals surface area (Å²) < 4.78 is 10.5. The Labute approximate surface area is 168 Å². The molecule has 0 bridgehead atoms. The number of carbonyl (C=O) groups is 3. The van der Waals surface area contributed by atoms with Crippen LogP contribution in [0.1, 0.15) is 5.56 Å². The molecule has 9 heteroatoms. The number of hydrogen-bond donors (Lipinski definition) is 2. The van der Waals surface area contributed by atoms with Gasteiger partial charge in [-0.15, -0.1) is 0 Å². The predicted octanol–water partition coefficient (Wildman–Crippen LogP) is 2.84. The molecule has 8 nitrogen and oxygen atoms in total. The lowest BCUT2D eigenvalue weighted by Crippen LogP contribution is -2.54. The van der Waals surface area contributed by atoms with Crippen LogP contribution in [0, 0.1) is 0 Å². The van der Waals surface area contributed by atoms with Gasteiger partial charge < -0.3 is 14.6 Å². The van der Waals surface area contributed by atoms with E-state index in [1.165, 1.54) is 44.6 Å². The van der Waals surface area contributed by atoms with Crippen molar-refractivity contribution in [1.29, 1.82) is 0 Å². The van der Waals surface area contributed by atoms with Gasteiger partial charge in [0.1, 0.15) is 11.3 Å². The number of nitrogens with zero attached hydrogens (tertiary/aromatic N) is 1. The Kier molecular flexibility index (Phi) is 5.36. The molecule has 0 aliphatic carbocycles. The largest absolute Gasteiger partial charge is 0.503 e. The number of phenols is 1. The minimum Gasteiger partial charge on any atom is -0.503 e. The van der Waals surface area contributed by atoms with Gasteiger partial charge in [0.2, 0.25) is 0 Å². The lowest BCUT2D eigenvalue weighted by Gasteiger charge is -2.26. The Morgan fingerprint density at radius 1 is 1.07 bits per heavy atom. The van der Waals surface area contributed by atoms with Gasteiger partial charge in [0, 0.05) is 0 Å². The fourth-order valence-electron chi connectivity index (χ4n) is 2.62. The number of urea groups is 1. The van der Waals surface area contributed by atoms with Crippen molar-refractivity contribution >= 4 is 45.5 Å². The molecule has 144 valence electrons. The first kappa shape index (κ1) is 19.4. The maximum absolute atomic E-state index is 12.9. The quantitative estimate of drug-likeness (QED) is 0.552. The number of methoxy groups -OCH3 is 2. The molecule has 2 N–H and O–H groups in total. The number of rotatable bonds is 4. The number of phenolic OH excluding ortho intramolecular Hbond substituents is 1. The van der Waals surface area contributed by atoms with Crippen LogP contribution in [0.3, 0.4) is 0 Å². The fraction of sp³-hybridized carbons (Fsp3) is 0.105. The summed E-state index contributed by atoms with van der Waals surface area (Å²) in [6, 6.07) is 8.38. The van der Waals surface area contributed by atoms with Crippen molar-refractivity contribution < 1.29 is 29.0 Å². The van der Waals surface area contributed by atoms with Crippen molar-refractivity contribution in [2.24, 2.45) is 0 Å². The summed E-state index contributed by atoms with van der Waals surface area (Å²) in [5.74, 6) is -0.987. The number of nitrogens with one attached hydrogen (secondary N) is 1. The van der Waals surface area contributed by atoms with Gasteiger partial charge in [0.25, 0.3) is 11.8 Å². The van der Waals surface area contributed by atoms with Crippen molar-refractivity contribution in [2.75, 3.05) is 19.1 Å². The second kappa shape index (κ2) is 7.73. The van der Waals surface area contributed by atoms with Crippen molar-refractivity contribution in [3.05, 3.63) is 52.0 Å². The van der Waals surface area contributed by atoms with Crippen LogP contribution in [-0.2, 0) is 9.59 Å². The number of benzene rings is 2. The summed E-state index contributed by atoms with van der Waals surface area (Å²) in [6.07, 6.45) is 1.31. The molecule has 2 aromatic rings. The van der Waals surface area contributed by atoms with Crippen LogP contribution in [0.15, 0.2) is 46.4 Å². The SMILES string of the molecule is COc1ccc(N2C(=O)NC(=O)C(=Cc3cc(Br)c(O)c(OC)c3)C2=O)cc1. The van der Waals surface area contributed by atoms with Crippen LogP contribution in [0.2, 0.25) is 0 Å². The van der Waals surface area contributed by atoms with E-state index in [1.807, 2.05) is 0 Å². The summed E-state index contributed by atoms with van der Waals surface area (Å²) in [5.41, 5.74) is 0.463. The average Bonchev–Trinajstić information content (AvgIpc) is 2.68. The monoisotopic (exact) mass is 446 g/mol. The zero-order valence-corrected chi connectivity index (χ0v) is 16.4. The van der Waals surface area contributed by atoms with Crippen LogP contribution in [0.4, 0.5) is 10.5 Å². The number of imide groups is 2. The van der Waals surface area contributed by atoms with Gasteiger partial charge in [-0.3, -0.25) is 14.9 Å². The van der Waals surface area contributed by atoms with Gasteiger partial charge in [0.05, 0.1) is 24.4 Å². The third kappa shape index (κ3) is 3.56. The first-order chi connectivity index (χ1) is 13.3. The van der Waals surface area contributed by atoms with Gasteiger partial charge >= 0.3 is 6.03 Å². The highest BCUT2D eigenvalue weighted by Crippen LogP contribution is 2.36. The second-order valence-electron chi connectivity index (χ2n) is 5.71. The molecule has 0 unspecified atom stereocenters. The maximum Gasteiger partial charge on any atom is 0.335 e. The number of hydrogen-bond acceptors (Lipinski definition) is 6. The molecule has 0 spiro atoms. The molecular formula is C19H15BrN2O6. The number of halogens is 1. The Morgan fingerprint density at radius 2 is 1.75 bits per heavy atom. The molecule has 3 rings (SSSR count). The topological polar surface area (TPSA) is 105 Å². The van der Waals surface area contributed by atoms with E-state index in [2.05, 4.69) is 21.2 Å². The van der Waals surface area contributed by atoms with Crippen molar-refractivity contribution in [3.8, 4) is 17.2 Å². The molecule has 4 amide bonds. The van der Waals surface area contributed by atoms with Crippen LogP contribution < -0.4 is 19.7 Å². The summed E-state index contributed by atoms with van der Waals surface area (Å²) in [4.78, 5) is 38.2. The first-order valence-corrected chi connectivity index (χ1v) is 8.77. The van der Waals surface area contributed by atoms with E-state index in [1.54, 1.807) is 12.1 Å². The number of carbonyl (C=O) groups excluding carboxylic acids is 3. The molecule has 1 heterocycles. The van der Waals surface area contributed by atoms with Crippen LogP contribution in [0.5, 0.6) is 17.2 Å². The summed E-state index contributed by atoms with van der Waals surface area (Å²) in [6.45, 7) is 0. The molecule has 0 radical (unpaired) electrons. The number of anilines is 1. The Bertz CT molecular complexity index is 1000. The highest BCUT2D eigenvalue weighted by Gasteiger charge is 2.36. The minimum absolute atomic E-state index is 0.112. The lowest BCUT2D eigenvalue weighted by molar-refractivity contribution is -0.122. The van der Waals surface area contributed by atoms with Gasteiger partial charge in [-0.1, -0.05) is 0 Å². The zero-order chi connectivity index (χ0) is 20.4. The third-order valence-electron chi connectivity index (χ3n) is 4.01. The van der Waals surface area contributed by atoms with Crippen LogP contribution in [-0.4, -0.2) is 37.2 Å². The smallest absolute Gasteiger partial charge is 0.335 e. The molecule has 0 saturated carbocycles. The maximum atomic E-state index is 12.9. The lowest BCUT2D eigenvalue weighted by atomic mass is 10.1. The summed E-state index contributed by atoms with van der Waals surface area (Å²) in [7, 11) is 2.87. The Hall–Kier alpha value is -3.33. The fourth-order valence-corrected chi connectivity index (χ4v) is 3.08. The van der Waals surface area contributed by atoms with Gasteiger partial charge in [-0.05, 0) is 64.0 Å². The molecule has 0 atom stereocenters. The number of amides is 4. The average molecular weight is 447 g/mol. The molecule has 1 saturated heterocycles. The molecule has 1 fully saturated rings. The molecule has 28 heavy (non-hydrogen) atoms. The number of ether oxygens (including phenoxy) is 2. The van der Waals surface area contributed by atoms with Crippen LogP contribution >= 0.6 is 15.9 Å². The van der Waals surface area contributed by atoms with Crippen molar-refractivity contribution in [3.63, 3.8) is 0 Å². The summed E-state index contributed by atoms with van der Waals surface area (Å²) in [5, 5.41) is 12.0. The number of barbiturate groups is 1. The van der Waals surface area contributed by atoms with E-state index in [0.717, 1.165) is 4.90 Å². The van der Waals surface area contributed by atoms with E-state index >= 15 is 0 Å². The highest BCUT2D eigenvalue weighted by atomic mass is 79.9. The Balaban J connectivity index is 2.02. The van der Waals surface area contributed by atoms with Crippen molar-refractivity contribution in [2.45, 2.75) is 0 Å². The van der Waals surface area contributed by atoms with E-state index < -0.39 is 17.8 Å². The van der Waals surface area contributed by atoms with E-state index in [9.17, 15) is 19.5 Å². The van der Waals surface area contributed by atoms with Gasteiger partial charge in [-0.25, -0.2) is 9.69 Å². The second-order valence-corrected chi connectivity index (χ2v) is 6.56. The minimum atomic E-state index is -0.846. The van der Waals surface area contributed by atoms with Crippen molar-refractivity contribution in [1.82, 2.24) is 5.32 Å². The molecule has 1 aliphatic rings. The molecular weight excluding hydrogens is 432 g/mol. The molecule has 0 aromatic heterocycles. The van der Waals surface area contributed by atoms with Gasteiger partial charge in [0.15, 0.2) is 11.5 Å². The standard InChI is InChI=1S/C19H15BrN2O6/c1-27-12-5-3-11(4-6-12)22-18(25)13(17(24)21-19(22)26)7-10-8-14(20)16(23)15(9-10)28-2/h3-9,23H,1-2H3,(H,21,24,26). The molecule has 1 aliphatic heterocycles. The number of aromatic hydroxyl groups is 1. The predicted molar refractivity (Wildman–Crippen MR) is 104 cm³/mol. The highest BCUT2D eigenvalue weighted by molar-refractivity contribution is 9.10.